The molecule has 1 aliphatic heterocycles. The Morgan fingerprint density at radius 3 is 2.55 bits per heavy atom. The zero-order valence-corrected chi connectivity index (χ0v) is 11.4. The highest BCUT2D eigenvalue weighted by molar-refractivity contribution is 6.30. The van der Waals surface area contributed by atoms with E-state index >= 15 is 0 Å². The summed E-state index contributed by atoms with van der Waals surface area (Å²) in [4.78, 5) is 18.8. The number of fused-ring (bicyclic) bond motifs is 1. The summed E-state index contributed by atoms with van der Waals surface area (Å²) in [5.41, 5.74) is 1.48. The van der Waals surface area contributed by atoms with Crippen LogP contribution in [0.25, 0.3) is 5.76 Å². The van der Waals surface area contributed by atoms with E-state index in [-0.39, 0.29) is 11.5 Å². The second-order valence-electron chi connectivity index (χ2n) is 5.27. The molecule has 0 bridgehead atoms. The summed E-state index contributed by atoms with van der Waals surface area (Å²) in [6, 6.07) is 7.11. The van der Waals surface area contributed by atoms with Crippen LogP contribution in [-0.4, -0.2) is 41.8 Å². The Labute approximate surface area is 118 Å². The van der Waals surface area contributed by atoms with Crippen molar-refractivity contribution in [3.63, 3.8) is 0 Å². The minimum atomic E-state index is -0.138. The molecule has 0 saturated carbocycles. The van der Waals surface area contributed by atoms with Crippen LogP contribution < -0.4 is 0 Å². The summed E-state index contributed by atoms with van der Waals surface area (Å²) in [6.45, 7) is 2.73. The monoisotopic (exact) mass is 270 g/mol. The van der Waals surface area contributed by atoms with Crippen LogP contribution in [0.2, 0.25) is 0 Å². The molecule has 20 heavy (non-hydrogen) atoms. The van der Waals surface area contributed by atoms with Crippen molar-refractivity contribution in [1.29, 1.82) is 0 Å². The van der Waals surface area contributed by atoms with Gasteiger partial charge in [-0.05, 0) is 25.9 Å². The lowest BCUT2D eigenvalue weighted by atomic mass is 10.1. The zero-order chi connectivity index (χ0) is 13.9. The molecule has 1 aliphatic carbocycles. The van der Waals surface area contributed by atoms with Crippen LogP contribution in [0.15, 0.2) is 34.8 Å². The van der Waals surface area contributed by atoms with Gasteiger partial charge in [-0.3, -0.25) is 14.7 Å². The molecular formula is C16H18N2O2. The molecule has 0 aromatic heterocycles. The average molecular weight is 270 g/mol. The van der Waals surface area contributed by atoms with Gasteiger partial charge < -0.3 is 5.11 Å². The maximum atomic E-state index is 12.2. The molecule has 0 unspecified atom stereocenters. The fraction of sp³-hybridized carbons (Fsp3) is 0.375. The van der Waals surface area contributed by atoms with Crippen molar-refractivity contribution in [3.05, 3.63) is 41.0 Å². The van der Waals surface area contributed by atoms with Crippen LogP contribution in [0.1, 0.15) is 35.2 Å². The van der Waals surface area contributed by atoms with E-state index in [1.807, 2.05) is 6.07 Å². The number of ketones is 1. The van der Waals surface area contributed by atoms with Crippen molar-refractivity contribution in [3.8, 4) is 0 Å². The van der Waals surface area contributed by atoms with Gasteiger partial charge in [-0.2, -0.15) is 0 Å². The third-order valence-electron chi connectivity index (χ3n) is 3.88. The summed E-state index contributed by atoms with van der Waals surface area (Å²) in [5, 5.41) is 10.1. The Kier molecular flexibility index (Phi) is 3.65. The van der Waals surface area contributed by atoms with E-state index in [1.54, 1.807) is 18.2 Å². The maximum Gasteiger partial charge on any atom is 0.199 e. The average Bonchev–Trinajstić information content (AvgIpc) is 2.74. The van der Waals surface area contributed by atoms with Gasteiger partial charge in [0.1, 0.15) is 5.76 Å². The fourth-order valence-electron chi connectivity index (χ4n) is 2.75. The van der Waals surface area contributed by atoms with E-state index in [9.17, 15) is 9.90 Å². The van der Waals surface area contributed by atoms with Crippen LogP contribution in [0.4, 0.5) is 0 Å². The first-order valence-corrected chi connectivity index (χ1v) is 7.07. The molecule has 0 radical (unpaired) electrons. The lowest BCUT2D eigenvalue weighted by molar-refractivity contribution is 0.104. The van der Waals surface area contributed by atoms with Crippen LogP contribution in [0, 0.1) is 0 Å². The van der Waals surface area contributed by atoms with E-state index in [4.69, 9.17) is 0 Å². The fourth-order valence-corrected chi connectivity index (χ4v) is 2.75. The number of aliphatic hydroxyl groups is 1. The summed E-state index contributed by atoms with van der Waals surface area (Å²) < 4.78 is 0. The number of benzene rings is 1. The number of aliphatic hydroxyl groups excluding tert-OH is 1. The number of piperidine rings is 1. The van der Waals surface area contributed by atoms with Crippen LogP contribution >= 0.6 is 0 Å². The summed E-state index contributed by atoms with van der Waals surface area (Å²) in [5.74, 6) is -0.0894. The number of nitrogens with zero attached hydrogens (tertiary/aromatic N) is 2. The molecule has 4 heteroatoms. The minimum Gasteiger partial charge on any atom is -0.506 e. The zero-order valence-electron chi connectivity index (χ0n) is 11.4. The molecule has 4 nitrogen and oxygen atoms in total. The molecule has 1 N–H and O–H groups in total. The number of likely N-dealkylation sites (tertiary alicyclic amines) is 1. The second-order valence-corrected chi connectivity index (χ2v) is 5.27. The third kappa shape index (κ3) is 2.39. The van der Waals surface area contributed by atoms with Crippen molar-refractivity contribution < 1.29 is 9.90 Å². The topological polar surface area (TPSA) is 52.9 Å². The lowest BCUT2D eigenvalue weighted by Gasteiger charge is -2.24. The van der Waals surface area contributed by atoms with Gasteiger partial charge in [0.2, 0.25) is 0 Å². The molecule has 0 atom stereocenters. The van der Waals surface area contributed by atoms with Gasteiger partial charge in [0.05, 0.1) is 12.2 Å². The van der Waals surface area contributed by atoms with Gasteiger partial charge in [-0.25, -0.2) is 0 Å². The molecule has 1 fully saturated rings. The van der Waals surface area contributed by atoms with Crippen molar-refractivity contribution >= 4 is 17.8 Å². The van der Waals surface area contributed by atoms with Gasteiger partial charge in [-0.1, -0.05) is 30.7 Å². The number of carbonyl (C=O) groups excluding carboxylic acids is 1. The molecule has 2 aliphatic rings. The van der Waals surface area contributed by atoms with E-state index < -0.39 is 0 Å². The minimum absolute atomic E-state index is 0.0491. The van der Waals surface area contributed by atoms with E-state index in [2.05, 4.69) is 9.89 Å². The number of rotatable bonds is 3. The first-order chi connectivity index (χ1) is 9.77. The van der Waals surface area contributed by atoms with E-state index in [0.717, 1.165) is 13.1 Å². The number of aliphatic imine (C=N–C) groups is 1. The predicted octanol–water partition coefficient (Wildman–Crippen LogP) is 2.67. The van der Waals surface area contributed by atoms with E-state index in [0.29, 0.717) is 23.4 Å². The van der Waals surface area contributed by atoms with Crippen LogP contribution in [-0.2, 0) is 0 Å². The quantitative estimate of drug-likeness (QED) is 0.859. The number of allylic oxidation sites excluding steroid dienone is 1. The largest absolute Gasteiger partial charge is 0.506 e. The molecule has 1 saturated heterocycles. The molecular weight excluding hydrogens is 252 g/mol. The number of Topliss-reactive ketones (excluding diaryl/α,β-unsaturated/α-hetero) is 1. The molecule has 1 heterocycles. The van der Waals surface area contributed by atoms with Gasteiger partial charge >= 0.3 is 0 Å². The summed E-state index contributed by atoms with van der Waals surface area (Å²) in [6.07, 6.45) is 5.24. The van der Waals surface area contributed by atoms with Gasteiger partial charge in [0.25, 0.3) is 0 Å². The van der Waals surface area contributed by atoms with E-state index in [1.165, 1.54) is 25.5 Å². The Morgan fingerprint density at radius 2 is 1.85 bits per heavy atom. The standard InChI is InChI=1S/C16H18N2O2/c19-15-12-6-2-3-7-13(12)16(20)14(15)10-17-11-18-8-4-1-5-9-18/h2-3,6-7,10,19H,1,4-5,8-9,11H2/b17-10+. The first kappa shape index (κ1) is 13.1. The van der Waals surface area contributed by atoms with Crippen molar-refractivity contribution in [2.24, 2.45) is 4.99 Å². The summed E-state index contributed by atoms with van der Waals surface area (Å²) >= 11 is 0. The van der Waals surface area contributed by atoms with Crippen molar-refractivity contribution in [2.75, 3.05) is 19.8 Å². The molecule has 1 aromatic carbocycles. The first-order valence-electron chi connectivity index (χ1n) is 7.07. The second kappa shape index (κ2) is 5.59. The SMILES string of the molecule is O=C1C(/C=N/CN2CCCCC2)=C(O)c2ccccc21. The predicted molar refractivity (Wildman–Crippen MR) is 79.1 cm³/mol. The molecule has 0 amide bonds. The maximum absolute atomic E-state index is 12.2. The molecule has 3 rings (SSSR count). The number of hydrogen-bond acceptors (Lipinski definition) is 4. The van der Waals surface area contributed by atoms with Gasteiger partial charge in [0, 0.05) is 17.3 Å². The Bertz CT molecular complexity index is 584. The Balaban J connectivity index is 1.72. The van der Waals surface area contributed by atoms with Crippen LogP contribution in [0.5, 0.6) is 0 Å². The van der Waals surface area contributed by atoms with Crippen molar-refractivity contribution in [2.45, 2.75) is 19.3 Å². The highest BCUT2D eigenvalue weighted by atomic mass is 16.3. The lowest BCUT2D eigenvalue weighted by Crippen LogP contribution is -2.29. The number of hydrogen-bond donors (Lipinski definition) is 1. The molecule has 104 valence electrons. The normalized spacial score (nSPS) is 19.9. The van der Waals surface area contributed by atoms with Gasteiger partial charge in [-0.15, -0.1) is 0 Å². The highest BCUT2D eigenvalue weighted by Crippen LogP contribution is 2.29. The molecule has 1 aromatic rings. The Morgan fingerprint density at radius 1 is 1.15 bits per heavy atom. The van der Waals surface area contributed by atoms with Crippen LogP contribution in [0.3, 0.4) is 0 Å². The van der Waals surface area contributed by atoms with Crippen molar-refractivity contribution in [1.82, 2.24) is 4.90 Å². The molecule has 0 spiro atoms. The Hall–Kier alpha value is -1.94. The van der Waals surface area contributed by atoms with Gasteiger partial charge in [0.15, 0.2) is 5.78 Å². The third-order valence-corrected chi connectivity index (χ3v) is 3.88. The number of carbonyl (C=O) groups is 1. The smallest absolute Gasteiger partial charge is 0.199 e. The highest BCUT2D eigenvalue weighted by Gasteiger charge is 2.27. The summed E-state index contributed by atoms with van der Waals surface area (Å²) in [7, 11) is 0.